The molecule has 0 saturated carbocycles. The summed E-state index contributed by atoms with van der Waals surface area (Å²) in [5, 5.41) is 0. The van der Waals surface area contributed by atoms with Gasteiger partial charge in [-0.2, -0.15) is 0 Å². The summed E-state index contributed by atoms with van der Waals surface area (Å²) in [6.07, 6.45) is -0.116. The number of ether oxygens (including phenoxy) is 1. The number of nitrogens with zero attached hydrogens (tertiary/aromatic N) is 1. The molecule has 1 heterocycles. The van der Waals surface area contributed by atoms with Gasteiger partial charge in [-0.05, 0) is 104 Å². The smallest absolute Gasteiger partial charge is 0.133 e. The van der Waals surface area contributed by atoms with Crippen LogP contribution in [0.4, 0.5) is 17.1 Å². The molecule has 0 spiro atoms. The van der Waals surface area contributed by atoms with Gasteiger partial charge >= 0.3 is 0 Å². The van der Waals surface area contributed by atoms with Crippen LogP contribution in [-0.2, 0) is 5.41 Å². The fraction of sp³-hybridized carbons (Fsp3) is 0.0526. The van der Waals surface area contributed by atoms with E-state index in [1.165, 1.54) is 61.2 Å². The third-order valence-corrected chi connectivity index (χ3v) is 12.4. The molecule has 0 aromatic heterocycles. The Kier molecular flexibility index (Phi) is 8.56. The lowest BCUT2D eigenvalue weighted by Crippen LogP contribution is -2.33. The quantitative estimate of drug-likeness (QED) is 0.153. The summed E-state index contributed by atoms with van der Waals surface area (Å²) in [5.41, 5.74) is 16.4. The minimum absolute atomic E-state index is 0.0891. The second kappa shape index (κ2) is 14.5. The summed E-state index contributed by atoms with van der Waals surface area (Å²) >= 11 is 0. The van der Waals surface area contributed by atoms with Crippen molar-refractivity contribution in [1.29, 1.82) is 0 Å². The van der Waals surface area contributed by atoms with Crippen molar-refractivity contribution in [2.24, 2.45) is 0 Å². The van der Waals surface area contributed by atoms with Crippen LogP contribution >= 0.6 is 0 Å². The Morgan fingerprint density at radius 2 is 0.729 bits per heavy atom. The highest BCUT2D eigenvalue weighted by molar-refractivity contribution is 5.81. The molecular formula is C57H41NO. The average molecular weight is 756 g/mol. The van der Waals surface area contributed by atoms with E-state index in [-0.39, 0.29) is 12.0 Å². The van der Waals surface area contributed by atoms with E-state index < -0.39 is 5.41 Å². The lowest BCUT2D eigenvalue weighted by Gasteiger charge is -2.37. The molecule has 1 aliphatic heterocycles. The number of fused-ring (bicyclic) bond motifs is 5. The zero-order valence-corrected chi connectivity index (χ0v) is 32.5. The molecule has 280 valence electrons. The first-order valence-electron chi connectivity index (χ1n) is 20.5. The van der Waals surface area contributed by atoms with Gasteiger partial charge in [0, 0.05) is 28.5 Å². The molecule has 11 rings (SSSR count). The van der Waals surface area contributed by atoms with Crippen molar-refractivity contribution in [2.45, 2.75) is 17.4 Å². The zero-order valence-electron chi connectivity index (χ0n) is 32.5. The number of hydrogen-bond donors (Lipinski definition) is 0. The van der Waals surface area contributed by atoms with Gasteiger partial charge in [0.2, 0.25) is 0 Å². The van der Waals surface area contributed by atoms with Crippen LogP contribution in [0.15, 0.2) is 237 Å². The molecule has 2 atom stereocenters. The van der Waals surface area contributed by atoms with E-state index in [9.17, 15) is 0 Å². The highest BCUT2D eigenvalue weighted by Crippen LogP contribution is 2.66. The van der Waals surface area contributed by atoms with E-state index in [4.69, 9.17) is 4.74 Å². The molecule has 0 bridgehead atoms. The van der Waals surface area contributed by atoms with Crippen LogP contribution in [-0.4, -0.2) is 0 Å². The Labute approximate surface area is 346 Å². The predicted octanol–water partition coefficient (Wildman–Crippen LogP) is 14.7. The molecule has 59 heavy (non-hydrogen) atoms. The second-order valence-corrected chi connectivity index (χ2v) is 15.6. The van der Waals surface area contributed by atoms with Crippen molar-refractivity contribution >= 4 is 17.1 Å². The van der Waals surface area contributed by atoms with Crippen LogP contribution in [0.5, 0.6) is 5.75 Å². The fourth-order valence-electron chi connectivity index (χ4n) is 9.78. The van der Waals surface area contributed by atoms with Crippen molar-refractivity contribution in [2.75, 3.05) is 4.90 Å². The molecule has 9 aromatic rings. The summed E-state index contributed by atoms with van der Waals surface area (Å²) < 4.78 is 6.96. The number of hydrogen-bond acceptors (Lipinski definition) is 2. The third kappa shape index (κ3) is 5.87. The Morgan fingerprint density at radius 1 is 0.339 bits per heavy atom. The van der Waals surface area contributed by atoms with E-state index in [2.05, 4.69) is 241 Å². The fourth-order valence-corrected chi connectivity index (χ4v) is 9.78. The van der Waals surface area contributed by atoms with E-state index in [0.717, 1.165) is 22.8 Å². The van der Waals surface area contributed by atoms with Crippen molar-refractivity contribution < 1.29 is 4.74 Å². The van der Waals surface area contributed by atoms with E-state index in [0.29, 0.717) is 0 Å². The molecule has 9 aromatic carbocycles. The standard InChI is InChI=1S/C57H41NO/c1-5-15-40(16-6-1)42-25-32-48(33-26-42)58(49-34-27-43(28-35-49)41-17-7-2-8-18-41)50-36-29-44(30-37-50)45-31-38-53-52(39-45)56-55(51-23-13-14-24-54(51)59-56)57(53,46-19-9-3-10-20-46)47-21-11-4-12-22-47/h1-39,55-56H. The Morgan fingerprint density at radius 3 is 1.22 bits per heavy atom. The molecule has 0 N–H and O–H groups in total. The van der Waals surface area contributed by atoms with Crippen molar-refractivity contribution in [3.8, 4) is 39.1 Å². The number of rotatable bonds is 8. The second-order valence-electron chi connectivity index (χ2n) is 15.6. The first-order chi connectivity index (χ1) is 29.3. The Balaban J connectivity index is 0.998. The molecule has 2 nitrogen and oxygen atoms in total. The van der Waals surface area contributed by atoms with Gasteiger partial charge in [0.25, 0.3) is 0 Å². The first kappa shape index (κ1) is 34.8. The van der Waals surface area contributed by atoms with Gasteiger partial charge in [-0.3, -0.25) is 0 Å². The van der Waals surface area contributed by atoms with Gasteiger partial charge in [0.05, 0.1) is 5.41 Å². The zero-order chi connectivity index (χ0) is 39.2. The van der Waals surface area contributed by atoms with Crippen molar-refractivity contribution in [1.82, 2.24) is 0 Å². The van der Waals surface area contributed by atoms with Gasteiger partial charge in [-0.1, -0.05) is 188 Å². The minimum atomic E-state index is -0.413. The van der Waals surface area contributed by atoms with Crippen LogP contribution in [0.25, 0.3) is 33.4 Å². The number of benzene rings is 9. The first-order valence-corrected chi connectivity index (χ1v) is 20.5. The number of anilines is 3. The number of para-hydroxylation sites is 1. The monoisotopic (exact) mass is 755 g/mol. The SMILES string of the molecule is c1ccc(-c2ccc(N(c3ccc(-c4ccccc4)cc3)c3ccc(-c4ccc5c(c4)C4Oc6ccccc6C4C5(c4ccccc4)c4ccccc4)cc3)cc2)cc1. The van der Waals surface area contributed by atoms with Gasteiger partial charge < -0.3 is 9.64 Å². The molecule has 2 heteroatoms. The topological polar surface area (TPSA) is 12.5 Å². The highest BCUT2D eigenvalue weighted by Gasteiger charge is 2.59. The maximum Gasteiger partial charge on any atom is 0.133 e. The summed E-state index contributed by atoms with van der Waals surface area (Å²) in [6, 6.07) is 85.7. The lowest BCUT2D eigenvalue weighted by atomic mass is 9.63. The molecule has 1 aliphatic carbocycles. The van der Waals surface area contributed by atoms with Crippen LogP contribution in [0.2, 0.25) is 0 Å². The summed E-state index contributed by atoms with van der Waals surface area (Å²) in [6.45, 7) is 0. The van der Waals surface area contributed by atoms with Gasteiger partial charge in [0.15, 0.2) is 0 Å². The van der Waals surface area contributed by atoms with E-state index >= 15 is 0 Å². The molecule has 2 aliphatic rings. The molecule has 0 saturated heterocycles. The summed E-state index contributed by atoms with van der Waals surface area (Å²) in [4.78, 5) is 2.35. The Bertz CT molecular complexity index is 2750. The highest BCUT2D eigenvalue weighted by atomic mass is 16.5. The van der Waals surface area contributed by atoms with Crippen LogP contribution in [0.3, 0.4) is 0 Å². The van der Waals surface area contributed by atoms with Gasteiger partial charge in [-0.15, -0.1) is 0 Å². The van der Waals surface area contributed by atoms with Gasteiger partial charge in [0.1, 0.15) is 11.9 Å². The van der Waals surface area contributed by atoms with Crippen LogP contribution < -0.4 is 9.64 Å². The normalized spacial score (nSPS) is 15.7. The molecule has 0 amide bonds. The average Bonchev–Trinajstić information content (AvgIpc) is 3.84. The summed E-state index contributed by atoms with van der Waals surface area (Å²) in [7, 11) is 0. The lowest BCUT2D eigenvalue weighted by molar-refractivity contribution is 0.207. The molecule has 2 unspecified atom stereocenters. The maximum atomic E-state index is 6.96. The van der Waals surface area contributed by atoms with Crippen LogP contribution in [0.1, 0.15) is 39.8 Å². The van der Waals surface area contributed by atoms with Gasteiger partial charge in [-0.25, -0.2) is 0 Å². The van der Waals surface area contributed by atoms with Crippen LogP contribution in [0, 0.1) is 0 Å². The molecule has 0 fully saturated rings. The minimum Gasteiger partial charge on any atom is -0.485 e. The Hall–Kier alpha value is -7.42. The predicted molar refractivity (Wildman–Crippen MR) is 243 cm³/mol. The molecular weight excluding hydrogens is 715 g/mol. The molecule has 0 radical (unpaired) electrons. The third-order valence-electron chi connectivity index (χ3n) is 12.4. The van der Waals surface area contributed by atoms with E-state index in [1.54, 1.807) is 0 Å². The van der Waals surface area contributed by atoms with Crippen molar-refractivity contribution in [3.63, 3.8) is 0 Å². The van der Waals surface area contributed by atoms with Crippen molar-refractivity contribution in [3.05, 3.63) is 264 Å². The maximum absolute atomic E-state index is 6.96. The van der Waals surface area contributed by atoms with E-state index in [1.807, 2.05) is 0 Å². The summed E-state index contributed by atoms with van der Waals surface area (Å²) in [5.74, 6) is 1.07. The largest absolute Gasteiger partial charge is 0.485 e.